The van der Waals surface area contributed by atoms with E-state index < -0.39 is 6.10 Å². The number of aliphatic hydroxyl groups excluding tert-OH is 1. The average molecular weight is 282 g/mol. The van der Waals surface area contributed by atoms with E-state index in [2.05, 4.69) is 26.3 Å². The van der Waals surface area contributed by atoms with Crippen molar-refractivity contribution in [2.75, 3.05) is 39.4 Å². The zero-order valence-electron chi connectivity index (χ0n) is 12.1. The van der Waals surface area contributed by atoms with Crippen LogP contribution in [0.3, 0.4) is 0 Å². The van der Waals surface area contributed by atoms with Gasteiger partial charge in [-0.15, -0.1) is 26.3 Å². The number of hydroxylamine groups is 4. The Hall–Kier alpha value is -1.24. The van der Waals surface area contributed by atoms with Crippen LogP contribution in [0.5, 0.6) is 0 Å². The van der Waals surface area contributed by atoms with Crippen LogP contribution < -0.4 is 0 Å². The summed E-state index contributed by atoms with van der Waals surface area (Å²) in [6.45, 7) is 17.0. The van der Waals surface area contributed by atoms with Gasteiger partial charge in [-0.2, -0.15) is 10.1 Å². The normalized spacial score (nSPS) is 12.3. The van der Waals surface area contributed by atoms with E-state index in [-0.39, 0.29) is 13.2 Å². The van der Waals surface area contributed by atoms with Crippen LogP contribution in [0.15, 0.2) is 50.6 Å². The topological polar surface area (TPSA) is 45.2 Å². The lowest BCUT2D eigenvalue weighted by molar-refractivity contribution is -0.242. The molecule has 0 bridgehead atoms. The molecule has 0 aromatic rings. The summed E-state index contributed by atoms with van der Waals surface area (Å²) >= 11 is 0. The Morgan fingerprint density at radius 3 is 1.70 bits per heavy atom. The van der Waals surface area contributed by atoms with Gasteiger partial charge in [-0.05, 0) is 0 Å². The highest BCUT2D eigenvalue weighted by Crippen LogP contribution is 2.02. The first-order chi connectivity index (χ1) is 9.71. The molecule has 20 heavy (non-hydrogen) atoms. The first-order valence-corrected chi connectivity index (χ1v) is 6.55. The third-order valence-corrected chi connectivity index (χ3v) is 2.28. The van der Waals surface area contributed by atoms with Gasteiger partial charge in [0.25, 0.3) is 0 Å². The predicted molar refractivity (Wildman–Crippen MR) is 81.8 cm³/mol. The van der Waals surface area contributed by atoms with Crippen LogP contribution in [0.1, 0.15) is 0 Å². The van der Waals surface area contributed by atoms with E-state index in [1.54, 1.807) is 34.4 Å². The maximum atomic E-state index is 9.34. The van der Waals surface area contributed by atoms with Crippen molar-refractivity contribution in [2.45, 2.75) is 6.10 Å². The third kappa shape index (κ3) is 8.79. The van der Waals surface area contributed by atoms with Crippen molar-refractivity contribution in [1.29, 1.82) is 0 Å². The summed E-state index contributed by atoms with van der Waals surface area (Å²) in [7, 11) is 0. The molecule has 1 atom stereocenters. The Morgan fingerprint density at radius 2 is 1.30 bits per heavy atom. The number of hydrogen-bond acceptors (Lipinski definition) is 5. The maximum absolute atomic E-state index is 9.34. The van der Waals surface area contributed by atoms with Gasteiger partial charge >= 0.3 is 0 Å². The summed E-state index contributed by atoms with van der Waals surface area (Å²) in [5, 5.41) is 12.7. The molecule has 0 rings (SSSR count). The fourth-order valence-corrected chi connectivity index (χ4v) is 1.43. The second-order valence-corrected chi connectivity index (χ2v) is 4.05. The van der Waals surface area contributed by atoms with Crippen molar-refractivity contribution in [3.8, 4) is 0 Å². The van der Waals surface area contributed by atoms with Crippen LogP contribution in [0.4, 0.5) is 0 Å². The molecule has 114 valence electrons. The van der Waals surface area contributed by atoms with Crippen molar-refractivity contribution < 1.29 is 14.8 Å². The molecule has 1 N–H and O–H groups in total. The predicted octanol–water partition coefficient (Wildman–Crippen LogP) is 1.56. The summed E-state index contributed by atoms with van der Waals surface area (Å²) in [4.78, 5) is 11.2. The Kier molecular flexibility index (Phi) is 12.0. The van der Waals surface area contributed by atoms with Gasteiger partial charge in [-0.1, -0.05) is 24.3 Å². The second-order valence-electron chi connectivity index (χ2n) is 4.05. The van der Waals surface area contributed by atoms with Crippen LogP contribution in [0.2, 0.25) is 0 Å². The van der Waals surface area contributed by atoms with E-state index in [0.29, 0.717) is 26.2 Å². The Morgan fingerprint density at radius 1 is 0.850 bits per heavy atom. The summed E-state index contributed by atoms with van der Waals surface area (Å²) in [6.07, 6.45) is 6.47. The zero-order valence-corrected chi connectivity index (χ0v) is 12.1. The fraction of sp³-hybridized carbons (Fsp3) is 0.467. The third-order valence-electron chi connectivity index (χ3n) is 2.28. The molecule has 0 heterocycles. The molecule has 0 aliphatic heterocycles. The van der Waals surface area contributed by atoms with Crippen LogP contribution in [-0.4, -0.2) is 60.7 Å². The average Bonchev–Trinajstić information content (AvgIpc) is 2.44. The molecule has 0 fully saturated rings. The largest absolute Gasteiger partial charge is 0.393 e. The van der Waals surface area contributed by atoms with Gasteiger partial charge in [0.05, 0.1) is 13.2 Å². The Bertz CT molecular complexity index is 275. The molecule has 0 aromatic heterocycles. The van der Waals surface area contributed by atoms with Gasteiger partial charge in [0.15, 0.2) is 0 Å². The highest BCUT2D eigenvalue weighted by molar-refractivity contribution is 4.77. The van der Waals surface area contributed by atoms with E-state index in [4.69, 9.17) is 9.68 Å². The lowest BCUT2D eigenvalue weighted by atomic mass is 10.4. The number of nitrogens with zero attached hydrogens (tertiary/aromatic N) is 2. The van der Waals surface area contributed by atoms with Gasteiger partial charge in [0, 0.05) is 26.2 Å². The van der Waals surface area contributed by atoms with E-state index in [9.17, 15) is 5.11 Å². The molecular weight excluding hydrogens is 256 g/mol. The molecule has 0 aromatic carbocycles. The molecular formula is C15H26N2O3. The SMILES string of the molecule is C=CCN(CC=C)OCC(CO)ON(CC=C)CC=C. The van der Waals surface area contributed by atoms with Crippen LogP contribution in [0, 0.1) is 0 Å². The second kappa shape index (κ2) is 12.8. The van der Waals surface area contributed by atoms with Gasteiger partial charge in [-0.25, -0.2) is 0 Å². The van der Waals surface area contributed by atoms with E-state index in [1.807, 2.05) is 0 Å². The van der Waals surface area contributed by atoms with Gasteiger partial charge in [0.1, 0.15) is 6.10 Å². The lowest BCUT2D eigenvalue weighted by Crippen LogP contribution is -2.37. The summed E-state index contributed by atoms with van der Waals surface area (Å²) in [5.41, 5.74) is 0. The van der Waals surface area contributed by atoms with Crippen molar-refractivity contribution in [3.63, 3.8) is 0 Å². The molecule has 0 spiro atoms. The molecule has 0 aliphatic carbocycles. The van der Waals surface area contributed by atoms with Crippen molar-refractivity contribution in [3.05, 3.63) is 50.6 Å². The van der Waals surface area contributed by atoms with Crippen molar-refractivity contribution in [2.24, 2.45) is 0 Å². The fourth-order valence-electron chi connectivity index (χ4n) is 1.43. The molecule has 0 saturated heterocycles. The molecule has 0 aliphatic rings. The first-order valence-electron chi connectivity index (χ1n) is 6.55. The molecule has 0 saturated carbocycles. The molecule has 0 radical (unpaired) electrons. The van der Waals surface area contributed by atoms with Gasteiger partial charge < -0.3 is 5.11 Å². The van der Waals surface area contributed by atoms with Crippen molar-refractivity contribution >= 4 is 0 Å². The Labute approximate surface area is 122 Å². The number of aliphatic hydroxyl groups is 1. The number of hydrogen-bond donors (Lipinski definition) is 1. The molecule has 0 amide bonds. The van der Waals surface area contributed by atoms with E-state index in [1.165, 1.54) is 0 Å². The van der Waals surface area contributed by atoms with Crippen LogP contribution in [0.25, 0.3) is 0 Å². The van der Waals surface area contributed by atoms with E-state index in [0.717, 1.165) is 0 Å². The Balaban J connectivity index is 4.28. The van der Waals surface area contributed by atoms with Gasteiger partial charge in [0.2, 0.25) is 0 Å². The van der Waals surface area contributed by atoms with E-state index >= 15 is 0 Å². The summed E-state index contributed by atoms with van der Waals surface area (Å²) < 4.78 is 0. The lowest BCUT2D eigenvalue weighted by Gasteiger charge is -2.26. The van der Waals surface area contributed by atoms with Crippen LogP contribution >= 0.6 is 0 Å². The first kappa shape index (κ1) is 18.8. The standard InChI is InChI=1S/C15H26N2O3/c1-5-9-16(10-6-2)19-14-15(13-18)20-17(11-7-3)12-8-4/h5-8,15,18H,1-4,9-14H2. The minimum atomic E-state index is -0.452. The van der Waals surface area contributed by atoms with Crippen molar-refractivity contribution in [1.82, 2.24) is 10.1 Å². The maximum Gasteiger partial charge on any atom is 0.128 e. The monoisotopic (exact) mass is 282 g/mol. The highest BCUT2D eigenvalue weighted by Gasteiger charge is 2.15. The minimum Gasteiger partial charge on any atom is -0.393 e. The quantitative estimate of drug-likeness (QED) is 0.387. The summed E-state index contributed by atoms with van der Waals surface area (Å²) in [5.74, 6) is 0. The highest BCUT2D eigenvalue weighted by atomic mass is 16.7. The van der Waals surface area contributed by atoms with Gasteiger partial charge in [-0.3, -0.25) is 9.68 Å². The summed E-state index contributed by atoms with van der Waals surface area (Å²) in [6, 6.07) is 0. The molecule has 5 nitrogen and oxygen atoms in total. The number of rotatable bonds is 14. The smallest absolute Gasteiger partial charge is 0.128 e. The van der Waals surface area contributed by atoms with Crippen LogP contribution in [-0.2, 0) is 9.68 Å². The molecule has 5 heteroatoms. The zero-order chi connectivity index (χ0) is 15.2. The molecule has 1 unspecified atom stereocenters. The minimum absolute atomic E-state index is 0.138.